The molecule has 1 fully saturated rings. The van der Waals surface area contributed by atoms with Gasteiger partial charge in [-0.15, -0.1) is 11.8 Å². The Kier molecular flexibility index (Phi) is 7.49. The number of thioether (sulfide) groups is 1. The fourth-order valence-corrected chi connectivity index (χ4v) is 6.14. The number of pyridine rings is 1. The van der Waals surface area contributed by atoms with Gasteiger partial charge in [-0.25, -0.2) is 17.6 Å². The molecule has 3 aromatic rings. The van der Waals surface area contributed by atoms with E-state index in [0.717, 1.165) is 5.56 Å². The number of rotatable bonds is 7. The van der Waals surface area contributed by atoms with Crippen LogP contribution in [0, 0.1) is 18.7 Å². The zero-order valence-corrected chi connectivity index (χ0v) is 21.2. The number of hydrogen-bond acceptors (Lipinski definition) is 5. The largest absolute Gasteiger partial charge is 0.369 e. The lowest BCUT2D eigenvalue weighted by Crippen LogP contribution is -2.43. The zero-order valence-electron chi connectivity index (χ0n) is 20.4. The predicted octanol–water partition coefficient (Wildman–Crippen LogP) is 6.89. The molecule has 196 valence electrons. The molecule has 0 amide bonds. The summed E-state index contributed by atoms with van der Waals surface area (Å²) >= 11 is 1.21. The van der Waals surface area contributed by atoms with Gasteiger partial charge >= 0.3 is 0 Å². The van der Waals surface area contributed by atoms with Crippen LogP contribution >= 0.6 is 11.8 Å². The standard InChI is InChI=1S/C29H24F4N2O2S/c1-17-7-10-24(34-14-17)23(31)12-18-8-9-22(30)20(11-18)29-16-37-27(28(32)33)21(29)15-38-26(35-29)13-25(36)19-5-3-2-4-6-19/h2-12,14,21,27-28H,13,15-16H2,1H3/b23-12-/t21-,27+,29-/m1/s1. The van der Waals surface area contributed by atoms with Crippen LogP contribution in [0.2, 0.25) is 0 Å². The maximum Gasteiger partial charge on any atom is 0.264 e. The monoisotopic (exact) mass is 540 g/mol. The van der Waals surface area contributed by atoms with Crippen LogP contribution in [0.4, 0.5) is 17.6 Å². The van der Waals surface area contributed by atoms with Gasteiger partial charge in [0.25, 0.3) is 6.43 Å². The number of halogens is 4. The first kappa shape index (κ1) is 26.3. The Balaban J connectivity index is 1.54. The SMILES string of the molecule is Cc1ccc(/C(F)=C/c2ccc(F)c([C@]34CO[C@H](C(F)F)[C@H]3CSC(CC(=O)c3ccccc3)=N4)c2)nc1. The highest BCUT2D eigenvalue weighted by Crippen LogP contribution is 2.50. The van der Waals surface area contributed by atoms with Crippen LogP contribution in [0.5, 0.6) is 0 Å². The molecule has 9 heteroatoms. The molecule has 0 radical (unpaired) electrons. The lowest BCUT2D eigenvalue weighted by molar-refractivity contribution is -0.0359. The quantitative estimate of drug-likeness (QED) is 0.242. The van der Waals surface area contributed by atoms with Crippen molar-refractivity contribution in [2.45, 2.75) is 31.4 Å². The highest BCUT2D eigenvalue weighted by Gasteiger charge is 2.56. The highest BCUT2D eigenvalue weighted by molar-refractivity contribution is 8.14. The molecule has 0 bridgehead atoms. The Labute approximate surface area is 221 Å². The molecule has 0 saturated carbocycles. The van der Waals surface area contributed by atoms with Crippen molar-refractivity contribution in [1.82, 2.24) is 4.98 Å². The maximum absolute atomic E-state index is 15.4. The maximum atomic E-state index is 15.4. The van der Waals surface area contributed by atoms with Crippen LogP contribution in [0.1, 0.15) is 39.2 Å². The van der Waals surface area contributed by atoms with E-state index in [-0.39, 0.29) is 35.8 Å². The summed E-state index contributed by atoms with van der Waals surface area (Å²) in [6.07, 6.45) is -1.52. The molecule has 2 aromatic carbocycles. The second kappa shape index (κ2) is 10.8. The van der Waals surface area contributed by atoms with Gasteiger partial charge in [-0.1, -0.05) is 42.5 Å². The van der Waals surface area contributed by atoms with Crippen molar-refractivity contribution in [3.63, 3.8) is 0 Å². The molecule has 1 saturated heterocycles. The summed E-state index contributed by atoms with van der Waals surface area (Å²) in [5.74, 6) is -2.12. The number of benzene rings is 2. The summed E-state index contributed by atoms with van der Waals surface area (Å²) < 4.78 is 63.6. The average molecular weight is 541 g/mol. The van der Waals surface area contributed by atoms with Crippen molar-refractivity contribution >= 4 is 34.5 Å². The summed E-state index contributed by atoms with van der Waals surface area (Å²) in [6, 6.07) is 15.9. The van der Waals surface area contributed by atoms with Gasteiger partial charge in [-0.3, -0.25) is 14.8 Å². The van der Waals surface area contributed by atoms with E-state index in [2.05, 4.69) is 4.98 Å². The van der Waals surface area contributed by atoms with Crippen molar-refractivity contribution < 1.29 is 27.1 Å². The third-order valence-electron chi connectivity index (χ3n) is 6.82. The normalized spacial score (nSPS) is 23.3. The molecule has 0 N–H and O–H groups in total. The molecule has 38 heavy (non-hydrogen) atoms. The van der Waals surface area contributed by atoms with Crippen molar-refractivity contribution in [3.05, 3.63) is 101 Å². The van der Waals surface area contributed by atoms with Crippen molar-refractivity contribution in [1.29, 1.82) is 0 Å². The van der Waals surface area contributed by atoms with E-state index in [0.29, 0.717) is 16.2 Å². The number of carbonyl (C=O) groups excluding carboxylic acids is 1. The van der Waals surface area contributed by atoms with E-state index in [9.17, 15) is 18.0 Å². The number of ketones is 1. The second-order valence-corrected chi connectivity index (χ2v) is 10.5. The molecular weight excluding hydrogens is 516 g/mol. The Morgan fingerprint density at radius 1 is 1.18 bits per heavy atom. The number of aliphatic imine (C=N–C) groups is 1. The molecule has 0 unspecified atom stereocenters. The Morgan fingerprint density at radius 2 is 1.97 bits per heavy atom. The smallest absolute Gasteiger partial charge is 0.264 e. The molecular formula is C29H24F4N2O2S. The van der Waals surface area contributed by atoms with Gasteiger partial charge in [0.1, 0.15) is 23.3 Å². The number of nitrogens with zero attached hydrogens (tertiary/aromatic N) is 2. The third kappa shape index (κ3) is 5.17. The summed E-state index contributed by atoms with van der Waals surface area (Å²) in [5.41, 5.74) is 0.386. The number of aromatic nitrogens is 1. The van der Waals surface area contributed by atoms with Gasteiger partial charge in [0.2, 0.25) is 0 Å². The van der Waals surface area contributed by atoms with Gasteiger partial charge in [-0.05, 0) is 42.3 Å². The molecule has 0 aliphatic carbocycles. The number of fused-ring (bicyclic) bond motifs is 1. The van der Waals surface area contributed by atoms with Gasteiger partial charge in [0.05, 0.1) is 23.8 Å². The fraction of sp³-hybridized carbons (Fsp3) is 0.276. The van der Waals surface area contributed by atoms with Crippen LogP contribution in [0.25, 0.3) is 11.9 Å². The van der Waals surface area contributed by atoms with Crippen LogP contribution in [0.15, 0.2) is 71.9 Å². The third-order valence-corrected chi connectivity index (χ3v) is 7.92. The predicted molar refractivity (Wildman–Crippen MR) is 141 cm³/mol. The first-order valence-electron chi connectivity index (χ1n) is 12.1. The number of ether oxygens (including phenoxy) is 1. The molecule has 2 aliphatic rings. The second-order valence-electron chi connectivity index (χ2n) is 9.38. The summed E-state index contributed by atoms with van der Waals surface area (Å²) in [5, 5.41) is 0.420. The molecule has 1 aromatic heterocycles. The van der Waals surface area contributed by atoms with Gasteiger partial charge in [0.15, 0.2) is 5.78 Å². The molecule has 3 heterocycles. The van der Waals surface area contributed by atoms with Gasteiger partial charge in [0, 0.05) is 29.0 Å². The lowest BCUT2D eigenvalue weighted by atomic mass is 9.78. The highest BCUT2D eigenvalue weighted by atomic mass is 32.2. The van der Waals surface area contributed by atoms with Gasteiger partial charge in [-0.2, -0.15) is 0 Å². The van der Waals surface area contributed by atoms with E-state index in [1.807, 2.05) is 6.92 Å². The van der Waals surface area contributed by atoms with Crippen molar-refractivity contribution in [3.8, 4) is 0 Å². The average Bonchev–Trinajstić information content (AvgIpc) is 3.30. The zero-order chi connectivity index (χ0) is 26.9. The molecule has 2 aliphatic heterocycles. The van der Waals surface area contributed by atoms with E-state index >= 15 is 4.39 Å². The Bertz CT molecular complexity index is 1400. The number of alkyl halides is 2. The first-order valence-corrected chi connectivity index (χ1v) is 13.0. The minimum absolute atomic E-state index is 0.0361. The first-order chi connectivity index (χ1) is 18.3. The topological polar surface area (TPSA) is 51.5 Å². The van der Waals surface area contributed by atoms with Crippen LogP contribution in [-0.2, 0) is 10.3 Å². The van der Waals surface area contributed by atoms with E-state index in [4.69, 9.17) is 9.73 Å². The van der Waals surface area contributed by atoms with Gasteiger partial charge < -0.3 is 4.74 Å². The molecule has 5 rings (SSSR count). The van der Waals surface area contributed by atoms with Crippen LogP contribution < -0.4 is 0 Å². The summed E-state index contributed by atoms with van der Waals surface area (Å²) in [4.78, 5) is 21.6. The molecule has 3 atom stereocenters. The van der Waals surface area contributed by atoms with E-state index < -0.39 is 35.6 Å². The number of hydrogen-bond donors (Lipinski definition) is 0. The summed E-state index contributed by atoms with van der Waals surface area (Å²) in [6.45, 7) is 1.56. The van der Waals surface area contributed by atoms with Crippen molar-refractivity contribution in [2.24, 2.45) is 10.9 Å². The van der Waals surface area contributed by atoms with E-state index in [1.165, 1.54) is 48.3 Å². The Morgan fingerprint density at radius 3 is 2.68 bits per heavy atom. The number of Topliss-reactive ketones (excluding diaryl/α,β-unsaturated/α-hetero) is 1. The minimum atomic E-state index is -2.79. The Hall–Kier alpha value is -3.30. The van der Waals surface area contributed by atoms with Crippen molar-refractivity contribution in [2.75, 3.05) is 12.4 Å². The fourth-order valence-electron chi connectivity index (χ4n) is 4.84. The van der Waals surface area contributed by atoms with Crippen LogP contribution in [-0.4, -0.2) is 40.7 Å². The van der Waals surface area contributed by atoms with E-state index in [1.54, 1.807) is 36.4 Å². The minimum Gasteiger partial charge on any atom is -0.369 e. The molecule has 4 nitrogen and oxygen atoms in total. The lowest BCUT2D eigenvalue weighted by Gasteiger charge is -2.36. The number of aryl methyl sites for hydroxylation is 1. The van der Waals surface area contributed by atoms with Crippen LogP contribution in [0.3, 0.4) is 0 Å². The summed E-state index contributed by atoms with van der Waals surface area (Å²) in [7, 11) is 0. The molecule has 0 spiro atoms. The number of carbonyl (C=O) groups is 1.